The second-order valence-corrected chi connectivity index (χ2v) is 5.00. The van der Waals surface area contributed by atoms with Gasteiger partial charge in [0.05, 0.1) is 25.5 Å². The molecule has 0 unspecified atom stereocenters. The summed E-state index contributed by atoms with van der Waals surface area (Å²) in [4.78, 5) is 12.3. The molecule has 0 radical (unpaired) electrons. The van der Waals surface area contributed by atoms with E-state index >= 15 is 0 Å². The van der Waals surface area contributed by atoms with Crippen LogP contribution in [0.3, 0.4) is 0 Å². The largest absolute Gasteiger partial charge is 0.497 e. The minimum atomic E-state index is -0.419. The lowest BCUT2D eigenvalue weighted by Crippen LogP contribution is -2.13. The van der Waals surface area contributed by atoms with Gasteiger partial charge in [-0.15, -0.1) is 0 Å². The Kier molecular flexibility index (Phi) is 4.80. The van der Waals surface area contributed by atoms with Crippen LogP contribution in [0.4, 0.5) is 10.1 Å². The van der Waals surface area contributed by atoms with E-state index in [-0.39, 0.29) is 5.91 Å². The van der Waals surface area contributed by atoms with Gasteiger partial charge in [0.25, 0.3) is 5.91 Å². The van der Waals surface area contributed by atoms with E-state index in [1.165, 1.54) is 32.4 Å². The zero-order chi connectivity index (χ0) is 15.4. The number of carbonyl (C=O) groups excluding carboxylic acids is 1. The van der Waals surface area contributed by atoms with Crippen LogP contribution in [0.2, 0.25) is 0 Å². The Labute approximate surface area is 130 Å². The highest BCUT2D eigenvalue weighted by Gasteiger charge is 2.14. The van der Waals surface area contributed by atoms with Crippen molar-refractivity contribution in [2.24, 2.45) is 0 Å². The van der Waals surface area contributed by atoms with Crippen molar-refractivity contribution in [2.45, 2.75) is 0 Å². The molecule has 1 N–H and O–H groups in total. The molecule has 0 aromatic heterocycles. The Balaban J connectivity index is 2.30. The number of methoxy groups -OCH3 is 2. The minimum absolute atomic E-state index is 0.321. The molecular formula is C15H13BrFNO3. The lowest BCUT2D eigenvalue weighted by Gasteiger charge is -2.12. The van der Waals surface area contributed by atoms with Crippen molar-refractivity contribution in [1.29, 1.82) is 0 Å². The molecule has 6 heteroatoms. The van der Waals surface area contributed by atoms with E-state index in [2.05, 4.69) is 21.2 Å². The van der Waals surface area contributed by atoms with Crippen LogP contribution in [0.5, 0.6) is 11.5 Å². The van der Waals surface area contributed by atoms with Crippen molar-refractivity contribution in [3.8, 4) is 11.5 Å². The Morgan fingerprint density at radius 3 is 2.52 bits per heavy atom. The van der Waals surface area contributed by atoms with Crippen LogP contribution < -0.4 is 14.8 Å². The van der Waals surface area contributed by atoms with Crippen LogP contribution in [-0.2, 0) is 0 Å². The van der Waals surface area contributed by atoms with Gasteiger partial charge < -0.3 is 14.8 Å². The molecule has 0 aliphatic heterocycles. The highest BCUT2D eigenvalue weighted by Crippen LogP contribution is 2.30. The van der Waals surface area contributed by atoms with E-state index < -0.39 is 5.82 Å². The molecule has 0 atom stereocenters. The molecule has 2 rings (SSSR count). The summed E-state index contributed by atoms with van der Waals surface area (Å²) in [6.45, 7) is 0. The first-order chi connectivity index (χ1) is 10.0. The van der Waals surface area contributed by atoms with Crippen LogP contribution in [0.1, 0.15) is 10.4 Å². The Morgan fingerprint density at radius 2 is 1.90 bits per heavy atom. The summed E-state index contributed by atoms with van der Waals surface area (Å²) in [5.41, 5.74) is 0.791. The minimum Gasteiger partial charge on any atom is -0.497 e. The van der Waals surface area contributed by atoms with Crippen molar-refractivity contribution in [2.75, 3.05) is 19.5 Å². The third kappa shape index (κ3) is 3.52. The van der Waals surface area contributed by atoms with Crippen LogP contribution in [0.25, 0.3) is 0 Å². The average Bonchev–Trinajstić information content (AvgIpc) is 2.46. The van der Waals surface area contributed by atoms with E-state index in [1.807, 2.05) is 0 Å². The van der Waals surface area contributed by atoms with Gasteiger partial charge in [0.1, 0.15) is 17.3 Å². The SMILES string of the molecule is COc1ccc(OC)c(NC(=O)c2ccc(F)cc2Br)c1. The van der Waals surface area contributed by atoms with Gasteiger partial charge in [0.15, 0.2) is 0 Å². The quantitative estimate of drug-likeness (QED) is 0.907. The van der Waals surface area contributed by atoms with E-state index in [4.69, 9.17) is 9.47 Å². The molecule has 2 aromatic rings. The molecule has 0 spiro atoms. The molecule has 21 heavy (non-hydrogen) atoms. The zero-order valence-corrected chi connectivity index (χ0v) is 13.0. The van der Waals surface area contributed by atoms with Crippen molar-refractivity contribution < 1.29 is 18.7 Å². The van der Waals surface area contributed by atoms with Gasteiger partial charge in [-0.2, -0.15) is 0 Å². The summed E-state index contributed by atoms with van der Waals surface area (Å²) in [6, 6.07) is 8.92. The number of benzene rings is 2. The second kappa shape index (κ2) is 6.58. The lowest BCUT2D eigenvalue weighted by molar-refractivity contribution is 0.102. The van der Waals surface area contributed by atoms with Crippen LogP contribution >= 0.6 is 15.9 Å². The topological polar surface area (TPSA) is 47.6 Å². The summed E-state index contributed by atoms with van der Waals surface area (Å²) < 4.78 is 23.7. The summed E-state index contributed by atoms with van der Waals surface area (Å²) in [5, 5.41) is 2.72. The van der Waals surface area contributed by atoms with Crippen molar-refractivity contribution in [1.82, 2.24) is 0 Å². The summed E-state index contributed by atoms with van der Waals surface area (Å²) in [7, 11) is 3.04. The van der Waals surface area contributed by atoms with E-state index in [1.54, 1.807) is 18.2 Å². The fraction of sp³-hybridized carbons (Fsp3) is 0.133. The summed E-state index contributed by atoms with van der Waals surface area (Å²) >= 11 is 3.17. The Hall–Kier alpha value is -2.08. The fourth-order valence-corrected chi connectivity index (χ4v) is 2.31. The number of rotatable bonds is 4. The molecule has 110 valence electrons. The van der Waals surface area contributed by atoms with Gasteiger partial charge in [-0.25, -0.2) is 4.39 Å². The number of ether oxygens (including phenoxy) is 2. The Morgan fingerprint density at radius 1 is 1.14 bits per heavy atom. The maximum absolute atomic E-state index is 13.1. The first-order valence-corrected chi connectivity index (χ1v) is 6.83. The molecule has 2 aromatic carbocycles. The van der Waals surface area contributed by atoms with Crippen molar-refractivity contribution in [3.05, 3.63) is 52.3 Å². The molecule has 0 saturated carbocycles. The third-order valence-corrected chi connectivity index (χ3v) is 3.49. The molecule has 0 bridgehead atoms. The normalized spacial score (nSPS) is 10.1. The van der Waals surface area contributed by atoms with Gasteiger partial charge in [-0.1, -0.05) is 0 Å². The molecule has 0 aliphatic carbocycles. The second-order valence-electron chi connectivity index (χ2n) is 4.14. The Bertz CT molecular complexity index is 676. The smallest absolute Gasteiger partial charge is 0.256 e. The zero-order valence-electron chi connectivity index (χ0n) is 11.4. The van der Waals surface area contributed by atoms with Gasteiger partial charge in [-0.3, -0.25) is 4.79 Å². The highest BCUT2D eigenvalue weighted by molar-refractivity contribution is 9.10. The molecule has 0 fully saturated rings. The summed E-state index contributed by atoms with van der Waals surface area (Å²) in [5.74, 6) is 0.289. The maximum Gasteiger partial charge on any atom is 0.256 e. The van der Waals surface area contributed by atoms with Gasteiger partial charge in [0, 0.05) is 10.5 Å². The molecular weight excluding hydrogens is 341 g/mol. The molecule has 0 aliphatic rings. The third-order valence-electron chi connectivity index (χ3n) is 2.83. The van der Waals surface area contributed by atoms with Crippen molar-refractivity contribution in [3.63, 3.8) is 0 Å². The number of nitrogens with one attached hydrogen (secondary N) is 1. The molecule has 0 saturated heterocycles. The van der Waals surface area contributed by atoms with E-state index in [0.717, 1.165) is 0 Å². The number of halogens is 2. The highest BCUT2D eigenvalue weighted by atomic mass is 79.9. The summed E-state index contributed by atoms with van der Waals surface area (Å²) in [6.07, 6.45) is 0. The number of anilines is 1. The number of amides is 1. The first-order valence-electron chi connectivity index (χ1n) is 6.03. The van der Waals surface area contributed by atoms with E-state index in [9.17, 15) is 9.18 Å². The average molecular weight is 354 g/mol. The molecule has 1 amide bonds. The van der Waals surface area contributed by atoms with Crippen LogP contribution in [-0.4, -0.2) is 20.1 Å². The molecule has 4 nitrogen and oxygen atoms in total. The predicted molar refractivity (Wildman–Crippen MR) is 81.6 cm³/mol. The number of hydrogen-bond acceptors (Lipinski definition) is 3. The van der Waals surface area contributed by atoms with Crippen molar-refractivity contribution >= 4 is 27.5 Å². The van der Waals surface area contributed by atoms with Gasteiger partial charge in [0.2, 0.25) is 0 Å². The van der Waals surface area contributed by atoms with Crippen LogP contribution in [0, 0.1) is 5.82 Å². The fourth-order valence-electron chi connectivity index (χ4n) is 1.78. The van der Waals surface area contributed by atoms with E-state index in [0.29, 0.717) is 27.2 Å². The van der Waals surface area contributed by atoms with Crippen LogP contribution in [0.15, 0.2) is 40.9 Å². The molecule has 0 heterocycles. The maximum atomic E-state index is 13.1. The predicted octanol–water partition coefficient (Wildman–Crippen LogP) is 3.86. The standard InChI is InChI=1S/C15H13BrFNO3/c1-20-10-4-6-14(21-2)13(8-10)18-15(19)11-5-3-9(17)7-12(11)16/h3-8H,1-2H3,(H,18,19). The first kappa shape index (κ1) is 15.3. The van der Waals surface area contributed by atoms with Gasteiger partial charge >= 0.3 is 0 Å². The lowest BCUT2D eigenvalue weighted by atomic mass is 10.2. The monoisotopic (exact) mass is 353 g/mol. The number of carbonyl (C=O) groups is 1. The number of hydrogen-bond donors (Lipinski definition) is 1. The van der Waals surface area contributed by atoms with Gasteiger partial charge in [-0.05, 0) is 46.3 Å².